The van der Waals surface area contributed by atoms with Gasteiger partial charge in [-0.1, -0.05) is 11.1 Å². The summed E-state index contributed by atoms with van der Waals surface area (Å²) >= 11 is 0. The van der Waals surface area contributed by atoms with Crippen molar-refractivity contribution < 1.29 is 0 Å². The monoisotopic (exact) mass is 135 g/mol. The van der Waals surface area contributed by atoms with Crippen molar-refractivity contribution in [1.29, 1.82) is 0 Å². The van der Waals surface area contributed by atoms with Crippen LogP contribution in [0.2, 0.25) is 0 Å². The first-order valence-electron chi connectivity index (χ1n) is 3.06. The number of terminal acetylenes is 1. The highest BCUT2D eigenvalue weighted by molar-refractivity contribution is 5.13. The minimum atomic E-state index is 0.0636. The molecule has 1 heterocycles. The quantitative estimate of drug-likeness (QED) is 0.526. The second kappa shape index (κ2) is 2.53. The summed E-state index contributed by atoms with van der Waals surface area (Å²) in [5.74, 6) is 2.64. The molecule has 0 aromatic carbocycles. The molecule has 0 aliphatic heterocycles. The molecule has 0 aliphatic carbocycles. The molecule has 1 rings (SSSR count). The first-order valence-corrected chi connectivity index (χ1v) is 3.06. The minimum Gasteiger partial charge on any atom is -0.255 e. The van der Waals surface area contributed by atoms with Crippen LogP contribution in [-0.4, -0.2) is 15.0 Å². The Morgan fingerprint density at radius 3 is 2.90 bits per heavy atom. The van der Waals surface area contributed by atoms with Crippen molar-refractivity contribution in [2.75, 3.05) is 0 Å². The first-order chi connectivity index (χ1) is 4.74. The molecule has 0 bridgehead atoms. The molecule has 10 heavy (non-hydrogen) atoms. The van der Waals surface area contributed by atoms with Crippen LogP contribution in [0.25, 0.3) is 0 Å². The number of nitrogens with zero attached hydrogens (tertiary/aromatic N) is 3. The third-order valence-corrected chi connectivity index (χ3v) is 1.31. The van der Waals surface area contributed by atoms with Gasteiger partial charge >= 0.3 is 0 Å². The molecule has 1 unspecified atom stereocenters. The van der Waals surface area contributed by atoms with Crippen LogP contribution in [0.15, 0.2) is 6.20 Å². The number of hydrogen-bond acceptors (Lipinski definition) is 2. The molecular formula is C7H9N3. The van der Waals surface area contributed by atoms with Crippen LogP contribution in [0.1, 0.15) is 18.5 Å². The molecule has 0 radical (unpaired) electrons. The standard InChI is InChI=1S/C7H9N3/c1-4-6(2)7-5-10(3)9-8-7/h1,5-6H,2-3H3. The van der Waals surface area contributed by atoms with E-state index in [-0.39, 0.29) is 5.92 Å². The maximum Gasteiger partial charge on any atom is 0.0973 e. The zero-order valence-corrected chi connectivity index (χ0v) is 6.07. The minimum absolute atomic E-state index is 0.0636. The smallest absolute Gasteiger partial charge is 0.0973 e. The van der Waals surface area contributed by atoms with Crippen molar-refractivity contribution >= 4 is 0 Å². The number of aryl methyl sites for hydroxylation is 1. The lowest BCUT2D eigenvalue weighted by Crippen LogP contribution is -1.88. The van der Waals surface area contributed by atoms with Crippen LogP contribution >= 0.6 is 0 Å². The third-order valence-electron chi connectivity index (χ3n) is 1.31. The molecule has 3 heteroatoms. The molecule has 0 spiro atoms. The molecule has 3 nitrogen and oxygen atoms in total. The molecule has 0 fully saturated rings. The predicted molar refractivity (Wildman–Crippen MR) is 38.3 cm³/mol. The first kappa shape index (κ1) is 6.81. The molecular weight excluding hydrogens is 126 g/mol. The Balaban J connectivity index is 2.87. The van der Waals surface area contributed by atoms with Gasteiger partial charge in [-0.25, -0.2) is 0 Å². The molecule has 1 aromatic rings. The Morgan fingerprint density at radius 1 is 1.80 bits per heavy atom. The molecule has 0 N–H and O–H groups in total. The Bertz CT molecular complexity index is 256. The van der Waals surface area contributed by atoms with Gasteiger partial charge in [0.2, 0.25) is 0 Å². The van der Waals surface area contributed by atoms with Crippen molar-refractivity contribution in [3.8, 4) is 12.3 Å². The number of aromatic nitrogens is 3. The number of rotatable bonds is 1. The van der Waals surface area contributed by atoms with Crippen molar-refractivity contribution in [2.24, 2.45) is 7.05 Å². The summed E-state index contributed by atoms with van der Waals surface area (Å²) in [6.45, 7) is 1.92. The topological polar surface area (TPSA) is 30.7 Å². The van der Waals surface area contributed by atoms with E-state index in [1.165, 1.54) is 0 Å². The van der Waals surface area contributed by atoms with Gasteiger partial charge in [0, 0.05) is 13.2 Å². The van der Waals surface area contributed by atoms with Crippen LogP contribution in [0.3, 0.4) is 0 Å². The van der Waals surface area contributed by atoms with E-state index in [9.17, 15) is 0 Å². The summed E-state index contributed by atoms with van der Waals surface area (Å²) < 4.78 is 1.64. The second-order valence-electron chi connectivity index (χ2n) is 2.21. The van der Waals surface area contributed by atoms with Crippen LogP contribution in [0, 0.1) is 12.3 Å². The largest absolute Gasteiger partial charge is 0.255 e. The molecule has 0 saturated heterocycles. The summed E-state index contributed by atoms with van der Waals surface area (Å²) in [6, 6.07) is 0. The van der Waals surface area contributed by atoms with E-state index in [4.69, 9.17) is 6.42 Å². The van der Waals surface area contributed by atoms with Gasteiger partial charge in [-0.2, -0.15) is 0 Å². The molecule has 0 aliphatic rings. The van der Waals surface area contributed by atoms with Gasteiger partial charge in [0.25, 0.3) is 0 Å². The lowest BCUT2D eigenvalue weighted by molar-refractivity contribution is 0.712. The summed E-state index contributed by atoms with van der Waals surface area (Å²) in [7, 11) is 1.82. The Kier molecular flexibility index (Phi) is 1.72. The maximum absolute atomic E-state index is 5.19. The summed E-state index contributed by atoms with van der Waals surface area (Å²) in [6.07, 6.45) is 7.01. The van der Waals surface area contributed by atoms with Crippen molar-refractivity contribution in [1.82, 2.24) is 15.0 Å². The number of hydrogen-bond donors (Lipinski definition) is 0. The van der Waals surface area contributed by atoms with E-state index in [0.717, 1.165) is 5.69 Å². The van der Waals surface area contributed by atoms with Crippen molar-refractivity contribution in [3.05, 3.63) is 11.9 Å². The van der Waals surface area contributed by atoms with Crippen molar-refractivity contribution in [2.45, 2.75) is 12.8 Å². The van der Waals surface area contributed by atoms with Gasteiger partial charge < -0.3 is 0 Å². The highest BCUT2D eigenvalue weighted by Crippen LogP contribution is 2.07. The average Bonchev–Trinajstić information content (AvgIpc) is 2.34. The Morgan fingerprint density at radius 2 is 2.50 bits per heavy atom. The van der Waals surface area contributed by atoms with Gasteiger partial charge in [-0.3, -0.25) is 4.68 Å². The predicted octanol–water partition coefficient (Wildman–Crippen LogP) is 0.552. The Hall–Kier alpha value is -1.30. The zero-order chi connectivity index (χ0) is 7.56. The van der Waals surface area contributed by atoms with E-state index in [2.05, 4.69) is 16.2 Å². The highest BCUT2D eigenvalue weighted by atomic mass is 15.4. The summed E-state index contributed by atoms with van der Waals surface area (Å²) in [5, 5.41) is 7.61. The normalized spacial score (nSPS) is 12.5. The van der Waals surface area contributed by atoms with Gasteiger partial charge in [0.1, 0.15) is 0 Å². The van der Waals surface area contributed by atoms with Gasteiger partial charge in [0.15, 0.2) is 0 Å². The zero-order valence-electron chi connectivity index (χ0n) is 6.07. The fourth-order valence-corrected chi connectivity index (χ4v) is 0.649. The van der Waals surface area contributed by atoms with Crippen LogP contribution in [0.4, 0.5) is 0 Å². The lowest BCUT2D eigenvalue weighted by atomic mass is 10.1. The van der Waals surface area contributed by atoms with Crippen molar-refractivity contribution in [3.63, 3.8) is 0 Å². The fourth-order valence-electron chi connectivity index (χ4n) is 0.649. The van der Waals surface area contributed by atoms with E-state index in [1.54, 1.807) is 4.68 Å². The molecule has 1 atom stereocenters. The molecule has 0 saturated carbocycles. The lowest BCUT2D eigenvalue weighted by Gasteiger charge is -1.93. The average molecular weight is 135 g/mol. The molecule has 0 amide bonds. The molecule has 1 aromatic heterocycles. The summed E-state index contributed by atoms with van der Waals surface area (Å²) in [5.41, 5.74) is 0.852. The maximum atomic E-state index is 5.19. The summed E-state index contributed by atoms with van der Waals surface area (Å²) in [4.78, 5) is 0. The Labute approximate surface area is 60.1 Å². The third kappa shape index (κ3) is 1.16. The fraction of sp³-hybridized carbons (Fsp3) is 0.429. The highest BCUT2D eigenvalue weighted by Gasteiger charge is 2.03. The van der Waals surface area contributed by atoms with Gasteiger partial charge in [-0.15, -0.1) is 11.5 Å². The van der Waals surface area contributed by atoms with Gasteiger partial charge in [-0.05, 0) is 6.92 Å². The van der Waals surface area contributed by atoms with E-state index < -0.39 is 0 Å². The van der Waals surface area contributed by atoms with E-state index in [1.807, 2.05) is 20.2 Å². The van der Waals surface area contributed by atoms with Crippen LogP contribution in [-0.2, 0) is 7.05 Å². The SMILES string of the molecule is C#CC(C)c1cn(C)nn1. The van der Waals surface area contributed by atoms with E-state index in [0.29, 0.717) is 0 Å². The second-order valence-corrected chi connectivity index (χ2v) is 2.21. The van der Waals surface area contributed by atoms with Gasteiger partial charge in [0.05, 0.1) is 11.6 Å². The molecule has 52 valence electrons. The van der Waals surface area contributed by atoms with E-state index >= 15 is 0 Å². The van der Waals surface area contributed by atoms with Crippen LogP contribution < -0.4 is 0 Å². The van der Waals surface area contributed by atoms with Crippen LogP contribution in [0.5, 0.6) is 0 Å².